The van der Waals surface area contributed by atoms with Crippen LogP contribution in [-0.2, 0) is 19.6 Å². The molecule has 0 aromatic heterocycles. The third-order valence-electron chi connectivity index (χ3n) is 3.71. The van der Waals surface area contributed by atoms with Crippen molar-refractivity contribution >= 4 is 21.9 Å². The van der Waals surface area contributed by atoms with Crippen molar-refractivity contribution in [2.45, 2.75) is 39.7 Å². The van der Waals surface area contributed by atoms with Crippen LogP contribution < -0.4 is 4.72 Å². The number of nitrogens with zero attached hydrogens (tertiary/aromatic N) is 1. The molecule has 0 aliphatic carbocycles. The maximum absolute atomic E-state index is 12.2. The summed E-state index contributed by atoms with van der Waals surface area (Å²) in [6, 6.07) is -0.163. The van der Waals surface area contributed by atoms with Gasteiger partial charge in [-0.15, -0.1) is 0 Å². The Morgan fingerprint density at radius 1 is 1.19 bits per heavy atom. The maximum Gasteiger partial charge on any atom is 0.331 e. The quantitative estimate of drug-likeness (QED) is 0.711. The number of amides is 1. The van der Waals surface area contributed by atoms with Crippen molar-refractivity contribution in [2.75, 3.05) is 18.8 Å². The topological polar surface area (TPSA) is 104 Å². The van der Waals surface area contributed by atoms with E-state index in [1.807, 2.05) is 0 Å². The highest BCUT2D eigenvalue weighted by molar-refractivity contribution is 7.89. The summed E-state index contributed by atoms with van der Waals surface area (Å²) in [7, 11) is -3.24. The van der Waals surface area contributed by atoms with Gasteiger partial charge in [-0.1, -0.05) is 0 Å². The van der Waals surface area contributed by atoms with Gasteiger partial charge in [0.1, 0.15) is 0 Å². The lowest BCUT2D eigenvalue weighted by Gasteiger charge is -2.32. The normalized spacial score (nSPS) is 18.3. The van der Waals surface area contributed by atoms with Crippen LogP contribution in [0.3, 0.4) is 0 Å². The van der Waals surface area contributed by atoms with Crippen LogP contribution in [0.5, 0.6) is 0 Å². The molecule has 1 aliphatic rings. The van der Waals surface area contributed by atoms with E-state index in [0.717, 1.165) is 0 Å². The van der Waals surface area contributed by atoms with E-state index in [0.29, 0.717) is 25.9 Å². The molecule has 0 spiro atoms. The van der Waals surface area contributed by atoms with E-state index in [1.165, 1.54) is 13.8 Å². The van der Waals surface area contributed by atoms with Gasteiger partial charge in [-0.3, -0.25) is 4.79 Å². The van der Waals surface area contributed by atoms with Crippen LogP contribution in [0.4, 0.5) is 0 Å². The third kappa shape index (κ3) is 4.82. The lowest BCUT2D eigenvalue weighted by atomic mass is 10.0. The number of rotatable bonds is 5. The molecule has 8 heteroatoms. The van der Waals surface area contributed by atoms with Crippen molar-refractivity contribution in [1.82, 2.24) is 9.62 Å². The van der Waals surface area contributed by atoms with Crippen LogP contribution in [0, 0.1) is 0 Å². The summed E-state index contributed by atoms with van der Waals surface area (Å²) < 4.78 is 25.6. The fraction of sp³-hybridized carbons (Fsp3) is 0.692. The van der Waals surface area contributed by atoms with Crippen molar-refractivity contribution in [1.29, 1.82) is 0 Å². The number of carboxylic acid groups (broad SMARTS) is 1. The molecule has 2 N–H and O–H groups in total. The molecule has 0 atom stereocenters. The summed E-state index contributed by atoms with van der Waals surface area (Å²) in [4.78, 5) is 24.6. The number of sulfonamides is 1. The SMILES string of the molecule is CCS(=O)(=O)NC1CCN(C(=O)C(C)=C(C)C(=O)O)CC1. The van der Waals surface area contributed by atoms with Gasteiger partial charge in [-0.2, -0.15) is 0 Å². The van der Waals surface area contributed by atoms with E-state index >= 15 is 0 Å². The van der Waals surface area contributed by atoms with Crippen LogP contribution in [-0.4, -0.2) is 55.2 Å². The molecule has 1 aliphatic heterocycles. The van der Waals surface area contributed by atoms with E-state index in [4.69, 9.17) is 5.11 Å². The number of piperidine rings is 1. The van der Waals surface area contributed by atoms with Gasteiger partial charge in [0.25, 0.3) is 0 Å². The van der Waals surface area contributed by atoms with Gasteiger partial charge in [0, 0.05) is 30.3 Å². The van der Waals surface area contributed by atoms with Crippen LogP contribution >= 0.6 is 0 Å². The van der Waals surface area contributed by atoms with Gasteiger partial charge in [0.15, 0.2) is 0 Å². The average molecular weight is 318 g/mol. The number of hydrogen-bond acceptors (Lipinski definition) is 4. The molecule has 0 saturated carbocycles. The van der Waals surface area contributed by atoms with Crippen LogP contribution in [0.1, 0.15) is 33.6 Å². The largest absolute Gasteiger partial charge is 0.478 e. The molecule has 21 heavy (non-hydrogen) atoms. The van der Waals surface area contributed by atoms with Gasteiger partial charge in [-0.25, -0.2) is 17.9 Å². The Balaban J connectivity index is 2.63. The Morgan fingerprint density at radius 2 is 1.71 bits per heavy atom. The van der Waals surface area contributed by atoms with Crippen LogP contribution in [0.15, 0.2) is 11.1 Å². The lowest BCUT2D eigenvalue weighted by Crippen LogP contribution is -2.47. The van der Waals surface area contributed by atoms with Gasteiger partial charge in [0.2, 0.25) is 15.9 Å². The Labute approximate surface area is 125 Å². The first-order chi connectivity index (χ1) is 9.68. The van der Waals surface area contributed by atoms with Crippen LogP contribution in [0.2, 0.25) is 0 Å². The van der Waals surface area contributed by atoms with Crippen molar-refractivity contribution < 1.29 is 23.1 Å². The van der Waals surface area contributed by atoms with E-state index in [2.05, 4.69) is 4.72 Å². The lowest BCUT2D eigenvalue weighted by molar-refractivity contribution is -0.134. The number of likely N-dealkylation sites (tertiary alicyclic amines) is 1. The van der Waals surface area contributed by atoms with Crippen molar-refractivity contribution in [3.05, 3.63) is 11.1 Å². The second-order valence-corrected chi connectivity index (χ2v) is 7.19. The Kier molecular flexibility index (Phi) is 5.91. The zero-order valence-electron chi connectivity index (χ0n) is 12.5. The zero-order chi connectivity index (χ0) is 16.2. The molecule has 7 nitrogen and oxygen atoms in total. The molecular formula is C13H22N2O5S. The van der Waals surface area contributed by atoms with Gasteiger partial charge in [0.05, 0.1) is 5.75 Å². The first-order valence-electron chi connectivity index (χ1n) is 6.88. The average Bonchev–Trinajstić information content (AvgIpc) is 2.45. The number of carboxylic acids is 1. The van der Waals surface area contributed by atoms with Crippen molar-refractivity contribution in [3.63, 3.8) is 0 Å². The standard InChI is InChI=1S/C13H22N2O5S/c1-4-21(19,20)14-11-5-7-15(8-6-11)12(16)9(2)10(3)13(17)18/h11,14H,4-8H2,1-3H3,(H,17,18). The molecule has 120 valence electrons. The molecule has 1 saturated heterocycles. The van der Waals surface area contributed by atoms with Gasteiger partial charge >= 0.3 is 5.97 Å². The minimum absolute atomic E-state index is 0.0335. The Hall–Kier alpha value is -1.41. The molecule has 0 aromatic carbocycles. The molecule has 0 unspecified atom stereocenters. The Morgan fingerprint density at radius 3 is 2.14 bits per heavy atom. The second-order valence-electron chi connectivity index (χ2n) is 5.14. The highest BCUT2D eigenvalue weighted by Gasteiger charge is 2.26. The minimum Gasteiger partial charge on any atom is -0.478 e. The van der Waals surface area contributed by atoms with Gasteiger partial charge < -0.3 is 10.0 Å². The molecule has 0 bridgehead atoms. The third-order valence-corrected chi connectivity index (χ3v) is 5.17. The number of carbonyl (C=O) groups excluding carboxylic acids is 1. The number of carbonyl (C=O) groups is 2. The van der Waals surface area contributed by atoms with Gasteiger partial charge in [-0.05, 0) is 33.6 Å². The monoisotopic (exact) mass is 318 g/mol. The summed E-state index contributed by atoms with van der Waals surface area (Å²) in [5, 5.41) is 8.89. The number of nitrogens with one attached hydrogen (secondary N) is 1. The fourth-order valence-electron chi connectivity index (χ4n) is 2.10. The second kappa shape index (κ2) is 7.04. The summed E-state index contributed by atoms with van der Waals surface area (Å²) in [5.41, 5.74) is 0.254. The zero-order valence-corrected chi connectivity index (χ0v) is 13.4. The molecule has 1 heterocycles. The highest BCUT2D eigenvalue weighted by Crippen LogP contribution is 2.15. The predicted octanol–water partition coefficient (Wildman–Crippen LogP) is 0.338. The summed E-state index contributed by atoms with van der Waals surface area (Å²) in [6.07, 6.45) is 1.06. The minimum atomic E-state index is -3.24. The molecule has 0 radical (unpaired) electrons. The smallest absolute Gasteiger partial charge is 0.331 e. The first-order valence-corrected chi connectivity index (χ1v) is 8.53. The van der Waals surface area contributed by atoms with Crippen LogP contribution in [0.25, 0.3) is 0 Å². The number of hydrogen-bond donors (Lipinski definition) is 2. The highest BCUT2D eigenvalue weighted by atomic mass is 32.2. The van der Waals surface area contributed by atoms with Crippen molar-refractivity contribution in [3.8, 4) is 0 Å². The first kappa shape index (κ1) is 17.6. The molecule has 0 aromatic rings. The van der Waals surface area contributed by atoms with E-state index < -0.39 is 16.0 Å². The summed E-state index contributed by atoms with van der Waals surface area (Å²) >= 11 is 0. The number of aliphatic carboxylic acids is 1. The molecule has 1 fully saturated rings. The van der Waals surface area contributed by atoms with E-state index in [-0.39, 0.29) is 28.8 Å². The summed E-state index contributed by atoms with van der Waals surface area (Å²) in [6.45, 7) is 5.30. The molecular weight excluding hydrogens is 296 g/mol. The Bertz CT molecular complexity index is 545. The molecule has 1 amide bonds. The van der Waals surface area contributed by atoms with E-state index in [1.54, 1.807) is 11.8 Å². The predicted molar refractivity (Wildman–Crippen MR) is 78.2 cm³/mol. The summed E-state index contributed by atoms with van der Waals surface area (Å²) in [5.74, 6) is -1.37. The van der Waals surface area contributed by atoms with E-state index in [9.17, 15) is 18.0 Å². The maximum atomic E-state index is 12.2. The molecule has 1 rings (SSSR count). The van der Waals surface area contributed by atoms with Crippen molar-refractivity contribution in [2.24, 2.45) is 0 Å². The fourth-order valence-corrected chi connectivity index (χ4v) is 3.01.